The largest absolute Gasteiger partial charge is 0.339 e. The maximum absolute atomic E-state index is 11.9. The lowest BCUT2D eigenvalue weighted by atomic mass is 10.2. The molecule has 1 N–H and O–H groups in total. The highest BCUT2D eigenvalue weighted by atomic mass is 16.2. The number of nitrogens with zero attached hydrogens (tertiary/aromatic N) is 1. The Hall–Kier alpha value is -0.570. The minimum Gasteiger partial charge on any atom is -0.339 e. The van der Waals surface area contributed by atoms with Crippen LogP contribution < -0.4 is 5.32 Å². The fourth-order valence-electron chi connectivity index (χ4n) is 1.47. The lowest BCUT2D eigenvalue weighted by molar-refractivity contribution is -0.132. The van der Waals surface area contributed by atoms with Crippen LogP contribution in [0.15, 0.2) is 0 Å². The third-order valence-electron chi connectivity index (χ3n) is 2.21. The van der Waals surface area contributed by atoms with Gasteiger partial charge in [-0.15, -0.1) is 0 Å². The van der Waals surface area contributed by atoms with Gasteiger partial charge in [0.05, 0.1) is 6.54 Å². The number of rotatable bonds is 7. The molecule has 0 aliphatic carbocycles. The predicted octanol–water partition coefficient (Wildman–Crippen LogP) is 1.88. The standard InChI is InChI=1S/C12H26N2O/c1-6-7-13-8-12(15)14(11(4)5)9-10(2)3/h10-11,13H,6-9H2,1-5H3. The second-order valence-corrected chi connectivity index (χ2v) is 4.71. The first-order valence-corrected chi connectivity index (χ1v) is 5.99. The zero-order chi connectivity index (χ0) is 11.8. The molecular formula is C12H26N2O. The summed E-state index contributed by atoms with van der Waals surface area (Å²) < 4.78 is 0. The van der Waals surface area contributed by atoms with Crippen LogP contribution in [0.4, 0.5) is 0 Å². The summed E-state index contributed by atoms with van der Waals surface area (Å²) in [7, 11) is 0. The van der Waals surface area contributed by atoms with E-state index in [1.165, 1.54) is 0 Å². The summed E-state index contributed by atoms with van der Waals surface area (Å²) in [4.78, 5) is 13.8. The number of nitrogens with one attached hydrogen (secondary N) is 1. The van der Waals surface area contributed by atoms with Gasteiger partial charge in [-0.3, -0.25) is 4.79 Å². The van der Waals surface area contributed by atoms with Gasteiger partial charge >= 0.3 is 0 Å². The topological polar surface area (TPSA) is 32.3 Å². The SMILES string of the molecule is CCCNCC(=O)N(CC(C)C)C(C)C. The van der Waals surface area contributed by atoms with Crippen LogP contribution in [0.5, 0.6) is 0 Å². The minimum atomic E-state index is 0.215. The summed E-state index contributed by atoms with van der Waals surface area (Å²) in [6.45, 7) is 12.8. The molecule has 0 aliphatic heterocycles. The molecule has 0 fully saturated rings. The molecule has 0 saturated carbocycles. The van der Waals surface area contributed by atoms with Crippen molar-refractivity contribution in [2.45, 2.75) is 47.1 Å². The predicted molar refractivity (Wildman–Crippen MR) is 64.8 cm³/mol. The van der Waals surface area contributed by atoms with E-state index < -0.39 is 0 Å². The summed E-state index contributed by atoms with van der Waals surface area (Å²) in [5.74, 6) is 0.745. The fourth-order valence-corrected chi connectivity index (χ4v) is 1.47. The lowest BCUT2D eigenvalue weighted by Gasteiger charge is -2.28. The van der Waals surface area contributed by atoms with Crippen LogP contribution in [0, 0.1) is 5.92 Å². The number of amides is 1. The monoisotopic (exact) mass is 214 g/mol. The molecule has 90 valence electrons. The van der Waals surface area contributed by atoms with Gasteiger partial charge < -0.3 is 10.2 Å². The summed E-state index contributed by atoms with van der Waals surface area (Å²) in [5, 5.41) is 3.15. The van der Waals surface area contributed by atoms with E-state index in [9.17, 15) is 4.79 Å². The van der Waals surface area contributed by atoms with Crippen molar-refractivity contribution in [2.75, 3.05) is 19.6 Å². The zero-order valence-corrected chi connectivity index (χ0v) is 10.8. The minimum absolute atomic E-state index is 0.215. The van der Waals surface area contributed by atoms with Crippen molar-refractivity contribution in [3.05, 3.63) is 0 Å². The number of carbonyl (C=O) groups excluding carboxylic acids is 1. The number of hydrogen-bond donors (Lipinski definition) is 1. The van der Waals surface area contributed by atoms with Crippen molar-refractivity contribution in [3.63, 3.8) is 0 Å². The highest BCUT2D eigenvalue weighted by Gasteiger charge is 2.16. The Morgan fingerprint density at radius 3 is 2.27 bits per heavy atom. The molecule has 0 rings (SSSR count). The molecule has 0 aromatic rings. The first-order valence-electron chi connectivity index (χ1n) is 5.99. The molecule has 0 atom stereocenters. The van der Waals surface area contributed by atoms with E-state index in [0.717, 1.165) is 19.5 Å². The Labute approximate surface area is 94.2 Å². The normalized spacial score (nSPS) is 11.1. The molecule has 3 nitrogen and oxygen atoms in total. The summed E-state index contributed by atoms with van der Waals surface area (Å²) in [5.41, 5.74) is 0. The van der Waals surface area contributed by atoms with Crippen LogP contribution in [0.25, 0.3) is 0 Å². The Balaban J connectivity index is 4.05. The van der Waals surface area contributed by atoms with Crippen molar-refractivity contribution in [2.24, 2.45) is 5.92 Å². The third-order valence-corrected chi connectivity index (χ3v) is 2.21. The van der Waals surface area contributed by atoms with Crippen LogP contribution in [0.2, 0.25) is 0 Å². The van der Waals surface area contributed by atoms with E-state index in [0.29, 0.717) is 18.5 Å². The van der Waals surface area contributed by atoms with Crippen molar-refractivity contribution >= 4 is 5.91 Å². The summed E-state index contributed by atoms with van der Waals surface area (Å²) >= 11 is 0. The van der Waals surface area contributed by atoms with E-state index >= 15 is 0 Å². The summed E-state index contributed by atoms with van der Waals surface area (Å²) in [6, 6.07) is 0.295. The average molecular weight is 214 g/mol. The van der Waals surface area contributed by atoms with Gasteiger partial charge in [-0.05, 0) is 32.7 Å². The van der Waals surface area contributed by atoms with Gasteiger partial charge in [-0.2, -0.15) is 0 Å². The molecule has 0 aliphatic rings. The highest BCUT2D eigenvalue weighted by molar-refractivity contribution is 5.78. The first kappa shape index (κ1) is 14.4. The van der Waals surface area contributed by atoms with Gasteiger partial charge in [0.25, 0.3) is 0 Å². The van der Waals surface area contributed by atoms with Crippen molar-refractivity contribution in [3.8, 4) is 0 Å². The van der Waals surface area contributed by atoms with E-state index in [-0.39, 0.29) is 5.91 Å². The molecule has 0 saturated heterocycles. The molecular weight excluding hydrogens is 188 g/mol. The molecule has 3 heteroatoms. The Bertz CT molecular complexity index is 178. The van der Waals surface area contributed by atoms with Gasteiger partial charge in [0.15, 0.2) is 0 Å². The smallest absolute Gasteiger partial charge is 0.236 e. The maximum Gasteiger partial charge on any atom is 0.236 e. The molecule has 0 radical (unpaired) electrons. The molecule has 0 aromatic carbocycles. The molecule has 0 heterocycles. The third kappa shape index (κ3) is 6.50. The Morgan fingerprint density at radius 2 is 1.87 bits per heavy atom. The van der Waals surface area contributed by atoms with Gasteiger partial charge in [0.1, 0.15) is 0 Å². The Morgan fingerprint density at radius 1 is 1.27 bits per heavy atom. The fraction of sp³-hybridized carbons (Fsp3) is 0.917. The maximum atomic E-state index is 11.9. The van der Waals surface area contributed by atoms with Crippen molar-refractivity contribution in [1.29, 1.82) is 0 Å². The first-order chi connectivity index (χ1) is 6.99. The van der Waals surface area contributed by atoms with Gasteiger partial charge in [0, 0.05) is 12.6 Å². The summed E-state index contributed by atoms with van der Waals surface area (Å²) in [6.07, 6.45) is 1.07. The number of carbonyl (C=O) groups is 1. The second-order valence-electron chi connectivity index (χ2n) is 4.71. The van der Waals surface area contributed by atoms with Crippen LogP contribution in [0.1, 0.15) is 41.0 Å². The van der Waals surface area contributed by atoms with Gasteiger partial charge in [-0.25, -0.2) is 0 Å². The highest BCUT2D eigenvalue weighted by Crippen LogP contribution is 2.04. The molecule has 1 amide bonds. The zero-order valence-electron chi connectivity index (χ0n) is 10.8. The molecule has 0 unspecified atom stereocenters. The quantitative estimate of drug-likeness (QED) is 0.656. The van der Waals surface area contributed by atoms with E-state index in [1.807, 2.05) is 4.90 Å². The number of hydrogen-bond acceptors (Lipinski definition) is 2. The molecule has 0 spiro atoms. The second kappa shape index (κ2) is 7.69. The van der Waals surface area contributed by atoms with Gasteiger partial charge in [0.2, 0.25) is 5.91 Å². The molecule has 15 heavy (non-hydrogen) atoms. The van der Waals surface area contributed by atoms with E-state index in [4.69, 9.17) is 0 Å². The molecule has 0 bridgehead atoms. The van der Waals surface area contributed by atoms with Crippen LogP contribution in [0.3, 0.4) is 0 Å². The van der Waals surface area contributed by atoms with Crippen molar-refractivity contribution < 1.29 is 4.79 Å². The van der Waals surface area contributed by atoms with Gasteiger partial charge in [-0.1, -0.05) is 20.8 Å². The molecule has 0 aromatic heterocycles. The van der Waals surface area contributed by atoms with Crippen LogP contribution in [-0.4, -0.2) is 36.5 Å². The average Bonchev–Trinajstić information content (AvgIpc) is 2.13. The Kier molecular flexibility index (Phi) is 7.39. The lowest BCUT2D eigenvalue weighted by Crippen LogP contribution is -2.44. The van der Waals surface area contributed by atoms with Crippen LogP contribution in [-0.2, 0) is 4.79 Å². The van der Waals surface area contributed by atoms with Crippen molar-refractivity contribution in [1.82, 2.24) is 10.2 Å². The van der Waals surface area contributed by atoms with E-state index in [2.05, 4.69) is 39.9 Å². The van der Waals surface area contributed by atoms with E-state index in [1.54, 1.807) is 0 Å². The van der Waals surface area contributed by atoms with Crippen LogP contribution >= 0.6 is 0 Å².